The van der Waals surface area contributed by atoms with Crippen molar-refractivity contribution in [3.63, 3.8) is 0 Å². The molecule has 0 radical (unpaired) electrons. The minimum atomic E-state index is -0.514. The number of benzene rings is 2. The van der Waals surface area contributed by atoms with Crippen LogP contribution in [0.4, 0.5) is 8.78 Å². The number of rotatable bonds is 3. The normalized spacial score (nSPS) is 21.9. The van der Waals surface area contributed by atoms with Crippen molar-refractivity contribution in [2.75, 3.05) is 0 Å². The number of hydrogen-bond acceptors (Lipinski definition) is 0. The van der Waals surface area contributed by atoms with Gasteiger partial charge in [-0.25, -0.2) is 8.78 Å². The van der Waals surface area contributed by atoms with Crippen molar-refractivity contribution in [2.24, 2.45) is 5.92 Å². The Balaban J connectivity index is 1.83. The lowest BCUT2D eigenvalue weighted by Gasteiger charge is -2.35. The topological polar surface area (TPSA) is 0 Å². The van der Waals surface area contributed by atoms with Gasteiger partial charge in [0, 0.05) is 12.0 Å². The van der Waals surface area contributed by atoms with E-state index in [4.69, 9.17) is 0 Å². The molecule has 0 aromatic heterocycles. The highest BCUT2D eigenvalue weighted by molar-refractivity contribution is 5.84. The molecule has 0 aliphatic heterocycles. The number of halogens is 2. The molecule has 4 rings (SSSR count). The molecule has 0 nitrogen and oxygen atoms in total. The van der Waals surface area contributed by atoms with Gasteiger partial charge in [-0.1, -0.05) is 55.8 Å². The number of allylic oxidation sites excluding steroid dienone is 4. The highest BCUT2D eigenvalue weighted by atomic mass is 19.1. The summed E-state index contributed by atoms with van der Waals surface area (Å²) in [6, 6.07) is 12.5. The summed E-state index contributed by atoms with van der Waals surface area (Å²) in [5, 5.41) is 0. The standard InChI is InChI=1S/C23H22F2/c1-2-5-16-12-17-9-8-15-6-3-4-7-19(15)21(17)14-22(16)20-11-10-18(24)13-23(20)25/h3-4,6-7,9-11,13-14,16,22H,2,5,8,12H2,1H3. The fourth-order valence-corrected chi connectivity index (χ4v) is 4.36. The lowest BCUT2D eigenvalue weighted by molar-refractivity contribution is 0.416. The first-order valence-corrected chi connectivity index (χ1v) is 9.11. The maximum Gasteiger partial charge on any atom is 0.129 e. The SMILES string of the molecule is CCCC1CC2=CCc3ccccc3C2=CC1c1ccc(F)cc1F. The first kappa shape index (κ1) is 16.3. The van der Waals surface area contributed by atoms with Crippen molar-refractivity contribution in [3.05, 3.63) is 88.5 Å². The highest BCUT2D eigenvalue weighted by Gasteiger charge is 2.32. The van der Waals surface area contributed by atoms with Gasteiger partial charge in [0.05, 0.1) is 0 Å². The van der Waals surface area contributed by atoms with Crippen LogP contribution in [0.15, 0.2) is 60.2 Å². The first-order valence-electron chi connectivity index (χ1n) is 9.11. The van der Waals surface area contributed by atoms with Crippen LogP contribution in [0.3, 0.4) is 0 Å². The smallest absolute Gasteiger partial charge is 0.129 e. The lowest BCUT2D eigenvalue weighted by Crippen LogP contribution is -2.20. The molecule has 0 amide bonds. The molecule has 0 saturated carbocycles. The van der Waals surface area contributed by atoms with E-state index in [1.54, 1.807) is 6.07 Å². The summed E-state index contributed by atoms with van der Waals surface area (Å²) in [5.74, 6) is -0.580. The molecule has 2 aliphatic carbocycles. The second kappa shape index (κ2) is 6.59. The van der Waals surface area contributed by atoms with Gasteiger partial charge in [-0.05, 0) is 59.1 Å². The molecular weight excluding hydrogens is 314 g/mol. The predicted octanol–water partition coefficient (Wildman–Crippen LogP) is 6.43. The molecule has 2 atom stereocenters. The van der Waals surface area contributed by atoms with Gasteiger partial charge in [0.15, 0.2) is 0 Å². The summed E-state index contributed by atoms with van der Waals surface area (Å²) in [6.45, 7) is 2.17. The minimum absolute atomic E-state index is 0.00106. The second-order valence-corrected chi connectivity index (χ2v) is 7.12. The van der Waals surface area contributed by atoms with Crippen molar-refractivity contribution < 1.29 is 8.78 Å². The molecule has 2 heteroatoms. The lowest BCUT2D eigenvalue weighted by atomic mass is 9.69. The van der Waals surface area contributed by atoms with E-state index in [0.717, 1.165) is 31.7 Å². The van der Waals surface area contributed by atoms with Gasteiger partial charge in [-0.15, -0.1) is 0 Å². The van der Waals surface area contributed by atoms with Crippen molar-refractivity contribution in [2.45, 2.75) is 38.5 Å². The van der Waals surface area contributed by atoms with E-state index in [9.17, 15) is 8.78 Å². The average molecular weight is 336 g/mol. The van der Waals surface area contributed by atoms with Crippen molar-refractivity contribution in [1.29, 1.82) is 0 Å². The molecule has 0 fully saturated rings. The summed E-state index contributed by atoms with van der Waals surface area (Å²) < 4.78 is 27.8. The van der Waals surface area contributed by atoms with E-state index in [1.165, 1.54) is 28.3 Å². The van der Waals surface area contributed by atoms with Gasteiger partial charge in [-0.2, -0.15) is 0 Å². The summed E-state index contributed by atoms with van der Waals surface area (Å²) >= 11 is 0. The van der Waals surface area contributed by atoms with Crippen LogP contribution in [0.2, 0.25) is 0 Å². The summed E-state index contributed by atoms with van der Waals surface area (Å²) in [5.41, 5.74) is 5.83. The summed E-state index contributed by atoms with van der Waals surface area (Å²) in [7, 11) is 0. The van der Waals surface area contributed by atoms with Crippen LogP contribution in [0, 0.1) is 17.6 Å². The van der Waals surface area contributed by atoms with Gasteiger partial charge < -0.3 is 0 Å². The van der Waals surface area contributed by atoms with Crippen LogP contribution in [0.5, 0.6) is 0 Å². The van der Waals surface area contributed by atoms with Crippen LogP contribution in [0.1, 0.15) is 48.8 Å². The van der Waals surface area contributed by atoms with Crippen molar-refractivity contribution in [3.8, 4) is 0 Å². The van der Waals surface area contributed by atoms with Gasteiger partial charge in [0.2, 0.25) is 0 Å². The zero-order chi connectivity index (χ0) is 17.4. The Labute approximate surface area is 147 Å². The zero-order valence-electron chi connectivity index (χ0n) is 14.4. The maximum absolute atomic E-state index is 14.5. The Morgan fingerprint density at radius 1 is 1.08 bits per heavy atom. The molecule has 2 unspecified atom stereocenters. The van der Waals surface area contributed by atoms with E-state index in [2.05, 4.69) is 43.3 Å². The summed E-state index contributed by atoms with van der Waals surface area (Å²) in [6.07, 6.45) is 8.60. The van der Waals surface area contributed by atoms with E-state index in [0.29, 0.717) is 11.5 Å². The minimum Gasteiger partial charge on any atom is -0.207 e. The molecule has 0 saturated heterocycles. The molecule has 2 aromatic rings. The molecule has 2 aliphatic rings. The van der Waals surface area contributed by atoms with E-state index in [1.807, 2.05) is 0 Å². The van der Waals surface area contributed by atoms with Gasteiger partial charge in [0.25, 0.3) is 0 Å². The fraction of sp³-hybridized carbons (Fsp3) is 0.304. The average Bonchev–Trinajstić information content (AvgIpc) is 2.62. The third kappa shape index (κ3) is 2.95. The third-order valence-corrected chi connectivity index (χ3v) is 5.54. The predicted molar refractivity (Wildman–Crippen MR) is 98.3 cm³/mol. The zero-order valence-corrected chi connectivity index (χ0v) is 14.4. The molecule has 128 valence electrons. The fourth-order valence-electron chi connectivity index (χ4n) is 4.36. The Kier molecular flexibility index (Phi) is 4.29. The van der Waals surface area contributed by atoms with Crippen molar-refractivity contribution >= 4 is 5.57 Å². The molecule has 0 bridgehead atoms. The summed E-state index contributed by atoms with van der Waals surface area (Å²) in [4.78, 5) is 0. The highest BCUT2D eigenvalue weighted by Crippen LogP contribution is 2.47. The number of hydrogen-bond donors (Lipinski definition) is 0. The maximum atomic E-state index is 14.5. The van der Waals surface area contributed by atoms with Gasteiger partial charge in [0.1, 0.15) is 11.6 Å². The van der Waals surface area contributed by atoms with Crippen LogP contribution < -0.4 is 0 Å². The van der Waals surface area contributed by atoms with Crippen LogP contribution in [-0.4, -0.2) is 0 Å². The van der Waals surface area contributed by atoms with Crippen LogP contribution >= 0.6 is 0 Å². The van der Waals surface area contributed by atoms with Gasteiger partial charge >= 0.3 is 0 Å². The second-order valence-electron chi connectivity index (χ2n) is 7.12. The van der Waals surface area contributed by atoms with Crippen LogP contribution in [-0.2, 0) is 6.42 Å². The van der Waals surface area contributed by atoms with E-state index in [-0.39, 0.29) is 5.92 Å². The first-order chi connectivity index (χ1) is 12.2. The monoisotopic (exact) mass is 336 g/mol. The quantitative estimate of drug-likeness (QED) is 0.605. The Morgan fingerprint density at radius 2 is 1.92 bits per heavy atom. The third-order valence-electron chi connectivity index (χ3n) is 5.54. The molecule has 25 heavy (non-hydrogen) atoms. The Morgan fingerprint density at radius 3 is 2.72 bits per heavy atom. The molecule has 2 aromatic carbocycles. The Hall–Kier alpha value is -2.22. The Bertz CT molecular complexity index is 860. The van der Waals surface area contributed by atoms with E-state index < -0.39 is 11.6 Å². The molecular formula is C23H22F2. The molecule has 0 heterocycles. The largest absolute Gasteiger partial charge is 0.207 e. The number of fused-ring (bicyclic) bond motifs is 3. The molecule has 0 N–H and O–H groups in total. The van der Waals surface area contributed by atoms with Crippen molar-refractivity contribution in [1.82, 2.24) is 0 Å². The molecule has 0 spiro atoms. The van der Waals surface area contributed by atoms with Crippen LogP contribution in [0.25, 0.3) is 5.57 Å². The van der Waals surface area contributed by atoms with E-state index >= 15 is 0 Å². The van der Waals surface area contributed by atoms with Gasteiger partial charge in [-0.3, -0.25) is 0 Å².